The molecule has 7 atom stereocenters. The van der Waals surface area contributed by atoms with Gasteiger partial charge in [0.15, 0.2) is 0 Å². The molecule has 0 aliphatic heterocycles. The molecule has 0 saturated heterocycles. The van der Waals surface area contributed by atoms with Gasteiger partial charge in [-0.3, -0.25) is 0 Å². The van der Waals surface area contributed by atoms with Crippen molar-refractivity contribution in [3.8, 4) is 0 Å². The van der Waals surface area contributed by atoms with Crippen molar-refractivity contribution in [2.75, 3.05) is 0 Å². The lowest BCUT2D eigenvalue weighted by Gasteiger charge is -2.43. The van der Waals surface area contributed by atoms with E-state index in [1.807, 2.05) is 0 Å². The van der Waals surface area contributed by atoms with E-state index in [0.29, 0.717) is 0 Å². The van der Waals surface area contributed by atoms with Crippen LogP contribution in [0.4, 0.5) is 0 Å². The van der Waals surface area contributed by atoms with Gasteiger partial charge in [0.1, 0.15) is 0 Å². The van der Waals surface area contributed by atoms with E-state index >= 15 is 0 Å². The van der Waals surface area contributed by atoms with Gasteiger partial charge in [-0.25, -0.2) is 0 Å². The Bertz CT molecular complexity index is 579. The van der Waals surface area contributed by atoms with Crippen LogP contribution in [0.3, 0.4) is 0 Å². The summed E-state index contributed by atoms with van der Waals surface area (Å²) < 4.78 is 0. The molecule has 4 aliphatic carbocycles. The summed E-state index contributed by atoms with van der Waals surface area (Å²) in [6.45, 7) is 7.36. The monoisotopic (exact) mass is 470 g/mol. The largest absolute Gasteiger partial charge is 0.0651 e. The van der Waals surface area contributed by atoms with E-state index in [-0.39, 0.29) is 0 Å². The molecule has 4 rings (SSSR count). The average Bonchev–Trinajstić information content (AvgIpc) is 3.15. The number of hydrogen-bond donors (Lipinski definition) is 0. The van der Waals surface area contributed by atoms with Crippen LogP contribution in [0.1, 0.15) is 175 Å². The van der Waals surface area contributed by atoms with Crippen molar-refractivity contribution in [1.82, 2.24) is 0 Å². The molecule has 0 bridgehead atoms. The van der Waals surface area contributed by atoms with E-state index < -0.39 is 0 Å². The fourth-order valence-electron chi connectivity index (χ4n) is 9.96. The van der Waals surface area contributed by atoms with Crippen LogP contribution in [0.5, 0.6) is 0 Å². The molecule has 2 spiro atoms. The molecule has 0 nitrogen and oxygen atoms in total. The van der Waals surface area contributed by atoms with Gasteiger partial charge < -0.3 is 0 Å². The van der Waals surface area contributed by atoms with Crippen LogP contribution in [0, 0.1) is 40.4 Å². The van der Waals surface area contributed by atoms with Crippen molar-refractivity contribution in [1.29, 1.82) is 0 Å². The maximum absolute atomic E-state index is 2.50. The quantitative estimate of drug-likeness (QED) is 0.331. The lowest BCUT2D eigenvalue weighted by molar-refractivity contribution is 0.0824. The molecule has 4 saturated carbocycles. The SMILES string of the molecule is CCC(C)CC1CCCC2(CCCCC(CCCC3CCCC4(CCCCC(CC)C4)C3)C2)C1. The Kier molecular flexibility index (Phi) is 10.3. The molecule has 4 fully saturated rings. The minimum absolute atomic E-state index is 0.752. The Labute approximate surface area is 215 Å². The minimum atomic E-state index is 0.752. The van der Waals surface area contributed by atoms with Crippen molar-refractivity contribution in [2.24, 2.45) is 40.4 Å². The Hall–Kier alpha value is 0. The molecule has 198 valence electrons. The van der Waals surface area contributed by atoms with Gasteiger partial charge >= 0.3 is 0 Å². The van der Waals surface area contributed by atoms with Crippen LogP contribution in [-0.2, 0) is 0 Å². The first-order chi connectivity index (χ1) is 16.5. The van der Waals surface area contributed by atoms with Gasteiger partial charge in [0, 0.05) is 0 Å². The number of rotatable bonds is 8. The molecule has 0 N–H and O–H groups in total. The van der Waals surface area contributed by atoms with Crippen LogP contribution in [0.2, 0.25) is 0 Å². The third-order valence-electron chi connectivity index (χ3n) is 11.9. The summed E-state index contributed by atoms with van der Waals surface area (Å²) in [6.07, 6.45) is 37.1. The molecule has 0 amide bonds. The highest BCUT2D eigenvalue weighted by molar-refractivity contribution is 4.92. The summed E-state index contributed by atoms with van der Waals surface area (Å²) in [5.74, 6) is 5.17. The van der Waals surface area contributed by atoms with Crippen LogP contribution in [0.15, 0.2) is 0 Å². The van der Waals surface area contributed by atoms with E-state index in [2.05, 4.69) is 20.8 Å². The van der Waals surface area contributed by atoms with E-state index in [9.17, 15) is 0 Å². The molecule has 4 aliphatic rings. The lowest BCUT2D eigenvalue weighted by atomic mass is 9.62. The fraction of sp³-hybridized carbons (Fsp3) is 1.00. The van der Waals surface area contributed by atoms with Gasteiger partial charge in [-0.1, -0.05) is 117 Å². The van der Waals surface area contributed by atoms with Crippen molar-refractivity contribution in [3.05, 3.63) is 0 Å². The highest BCUT2D eigenvalue weighted by Crippen LogP contribution is 2.53. The van der Waals surface area contributed by atoms with E-state index in [1.54, 1.807) is 96.3 Å². The summed E-state index contributed by atoms with van der Waals surface area (Å²) in [6, 6.07) is 0. The summed E-state index contributed by atoms with van der Waals surface area (Å²) in [5.41, 5.74) is 1.52. The van der Waals surface area contributed by atoms with Crippen LogP contribution >= 0.6 is 0 Å². The molecule has 7 unspecified atom stereocenters. The first kappa shape index (κ1) is 27.0. The van der Waals surface area contributed by atoms with Gasteiger partial charge in [0.05, 0.1) is 0 Å². The lowest BCUT2D eigenvalue weighted by Crippen LogP contribution is -2.31. The predicted octanol–water partition coefficient (Wildman–Crippen LogP) is 11.5. The molecule has 0 aromatic heterocycles. The first-order valence-electron chi connectivity index (χ1n) is 16.5. The van der Waals surface area contributed by atoms with Gasteiger partial charge in [-0.05, 0) is 98.2 Å². The highest BCUT2D eigenvalue weighted by atomic mass is 14.5. The normalized spacial score (nSPS) is 40.7. The average molecular weight is 471 g/mol. The van der Waals surface area contributed by atoms with Gasteiger partial charge in [0.2, 0.25) is 0 Å². The molecule has 0 heterocycles. The standard InChI is InChI=1S/C34H62/c1-4-28(3)23-32-18-12-22-34(27-32)20-9-7-14-30(25-34)15-10-16-31-17-11-21-33(26-31)19-8-6-13-29(5-2)24-33/h28-32H,4-27H2,1-3H3. The zero-order valence-electron chi connectivity index (χ0n) is 23.9. The molecule has 34 heavy (non-hydrogen) atoms. The first-order valence-corrected chi connectivity index (χ1v) is 16.5. The second-order valence-corrected chi connectivity index (χ2v) is 14.6. The summed E-state index contributed by atoms with van der Waals surface area (Å²) >= 11 is 0. The van der Waals surface area contributed by atoms with Crippen LogP contribution in [-0.4, -0.2) is 0 Å². The van der Waals surface area contributed by atoms with Crippen LogP contribution in [0.25, 0.3) is 0 Å². The van der Waals surface area contributed by atoms with Crippen molar-refractivity contribution in [3.63, 3.8) is 0 Å². The zero-order chi connectivity index (χ0) is 23.9. The Morgan fingerprint density at radius 1 is 0.588 bits per heavy atom. The predicted molar refractivity (Wildman–Crippen MR) is 150 cm³/mol. The molecule has 0 aromatic rings. The summed E-state index contributed by atoms with van der Waals surface area (Å²) in [7, 11) is 0. The Morgan fingerprint density at radius 3 is 1.65 bits per heavy atom. The molecule has 0 radical (unpaired) electrons. The molecule has 0 aromatic carbocycles. The van der Waals surface area contributed by atoms with Gasteiger partial charge in [-0.15, -0.1) is 0 Å². The topological polar surface area (TPSA) is 0 Å². The van der Waals surface area contributed by atoms with E-state index in [0.717, 1.165) is 40.4 Å². The Balaban J connectivity index is 1.26. The van der Waals surface area contributed by atoms with E-state index in [1.165, 1.54) is 57.8 Å². The Morgan fingerprint density at radius 2 is 1.06 bits per heavy atom. The van der Waals surface area contributed by atoms with Crippen molar-refractivity contribution >= 4 is 0 Å². The highest BCUT2D eigenvalue weighted by Gasteiger charge is 2.40. The van der Waals surface area contributed by atoms with Crippen molar-refractivity contribution < 1.29 is 0 Å². The van der Waals surface area contributed by atoms with Crippen molar-refractivity contribution in [2.45, 2.75) is 175 Å². The van der Waals surface area contributed by atoms with E-state index in [4.69, 9.17) is 0 Å². The molecular weight excluding hydrogens is 408 g/mol. The minimum Gasteiger partial charge on any atom is -0.0651 e. The van der Waals surface area contributed by atoms with Crippen LogP contribution < -0.4 is 0 Å². The van der Waals surface area contributed by atoms with Gasteiger partial charge in [0.25, 0.3) is 0 Å². The number of hydrogen-bond acceptors (Lipinski definition) is 0. The third-order valence-corrected chi connectivity index (χ3v) is 11.9. The second kappa shape index (κ2) is 13.0. The summed E-state index contributed by atoms with van der Waals surface area (Å²) in [4.78, 5) is 0. The molecule has 0 heteroatoms. The summed E-state index contributed by atoms with van der Waals surface area (Å²) in [5, 5.41) is 0. The third kappa shape index (κ3) is 7.51. The smallest absolute Gasteiger partial charge is 0.0292 e. The maximum Gasteiger partial charge on any atom is -0.0292 e. The zero-order valence-corrected chi connectivity index (χ0v) is 23.9. The second-order valence-electron chi connectivity index (χ2n) is 14.6. The maximum atomic E-state index is 2.50. The fourth-order valence-corrected chi connectivity index (χ4v) is 9.96. The molecular formula is C34H62. The van der Waals surface area contributed by atoms with Gasteiger partial charge in [-0.2, -0.15) is 0 Å².